The summed E-state index contributed by atoms with van der Waals surface area (Å²) in [5, 5.41) is 2.74. The van der Waals surface area contributed by atoms with Gasteiger partial charge in [0.05, 0.1) is 5.25 Å². The number of halogens is 2. The van der Waals surface area contributed by atoms with Crippen molar-refractivity contribution in [1.82, 2.24) is 10.2 Å². The van der Waals surface area contributed by atoms with E-state index in [1.807, 2.05) is 0 Å². The zero-order valence-corrected chi connectivity index (χ0v) is 11.5. The van der Waals surface area contributed by atoms with Gasteiger partial charge in [0.2, 0.25) is 5.91 Å². The van der Waals surface area contributed by atoms with Gasteiger partial charge in [-0.2, -0.15) is 0 Å². The summed E-state index contributed by atoms with van der Waals surface area (Å²) in [7, 11) is 0. The number of piperazine rings is 1. The predicted octanol–water partition coefficient (Wildman–Crippen LogP) is 1.88. The van der Waals surface area contributed by atoms with E-state index >= 15 is 0 Å². The maximum absolute atomic E-state index is 13.5. The van der Waals surface area contributed by atoms with Crippen LogP contribution in [-0.4, -0.2) is 42.2 Å². The highest BCUT2D eigenvalue weighted by Crippen LogP contribution is 2.27. The number of nitrogens with zero attached hydrogens (tertiary/aromatic N) is 1. The van der Waals surface area contributed by atoms with Crippen molar-refractivity contribution in [2.45, 2.75) is 17.1 Å². The topological polar surface area (TPSA) is 32.3 Å². The Bertz CT molecular complexity index is 464. The summed E-state index contributed by atoms with van der Waals surface area (Å²) in [6, 6.07) is 3.28. The first-order valence-corrected chi connectivity index (χ1v) is 7.07. The number of thioether (sulfide) groups is 1. The minimum atomic E-state index is -0.495. The normalized spacial score (nSPS) is 17.3. The summed E-state index contributed by atoms with van der Waals surface area (Å²) >= 11 is 1.06. The first-order valence-electron chi connectivity index (χ1n) is 6.19. The van der Waals surface area contributed by atoms with Crippen molar-refractivity contribution in [2.75, 3.05) is 26.2 Å². The number of hydrogen-bond acceptors (Lipinski definition) is 3. The largest absolute Gasteiger partial charge is 0.339 e. The van der Waals surface area contributed by atoms with Gasteiger partial charge < -0.3 is 10.2 Å². The van der Waals surface area contributed by atoms with Gasteiger partial charge in [-0.25, -0.2) is 8.78 Å². The standard InChI is InChI=1S/C13H16F2N2OS/c1-9(13(18)17-6-4-16-5-7-17)19-12-8-10(14)2-3-11(12)15/h2-3,8-9,16H,4-7H2,1H3. The lowest BCUT2D eigenvalue weighted by atomic mass is 10.3. The van der Waals surface area contributed by atoms with Crippen molar-refractivity contribution in [2.24, 2.45) is 0 Å². The van der Waals surface area contributed by atoms with E-state index in [9.17, 15) is 13.6 Å². The number of carbonyl (C=O) groups excluding carboxylic acids is 1. The molecular formula is C13H16F2N2OS. The fourth-order valence-corrected chi connectivity index (χ4v) is 2.94. The highest BCUT2D eigenvalue weighted by molar-refractivity contribution is 8.00. The number of amides is 1. The molecule has 1 fully saturated rings. The molecule has 0 spiro atoms. The molecule has 1 heterocycles. The lowest BCUT2D eigenvalue weighted by Crippen LogP contribution is -2.48. The third kappa shape index (κ3) is 3.67. The highest BCUT2D eigenvalue weighted by atomic mass is 32.2. The molecule has 0 aliphatic carbocycles. The van der Waals surface area contributed by atoms with Gasteiger partial charge in [0.1, 0.15) is 11.6 Å². The second-order valence-electron chi connectivity index (χ2n) is 4.41. The van der Waals surface area contributed by atoms with E-state index in [-0.39, 0.29) is 10.8 Å². The molecular weight excluding hydrogens is 270 g/mol. The molecule has 104 valence electrons. The monoisotopic (exact) mass is 286 g/mol. The molecule has 1 atom stereocenters. The Morgan fingerprint density at radius 1 is 1.37 bits per heavy atom. The van der Waals surface area contributed by atoms with Gasteiger partial charge >= 0.3 is 0 Å². The van der Waals surface area contributed by atoms with Gasteiger partial charge in [0.15, 0.2) is 0 Å². The van der Waals surface area contributed by atoms with Crippen molar-refractivity contribution in [1.29, 1.82) is 0 Å². The molecule has 0 bridgehead atoms. The van der Waals surface area contributed by atoms with Crippen LogP contribution in [0.25, 0.3) is 0 Å². The van der Waals surface area contributed by atoms with Crippen LogP contribution in [0.3, 0.4) is 0 Å². The number of carbonyl (C=O) groups is 1. The van der Waals surface area contributed by atoms with Crippen molar-refractivity contribution < 1.29 is 13.6 Å². The van der Waals surface area contributed by atoms with Crippen LogP contribution in [0.2, 0.25) is 0 Å². The second kappa shape index (κ2) is 6.34. The summed E-state index contributed by atoms with van der Waals surface area (Å²) in [4.78, 5) is 14.1. The number of nitrogens with one attached hydrogen (secondary N) is 1. The second-order valence-corrected chi connectivity index (χ2v) is 5.79. The van der Waals surface area contributed by atoms with Gasteiger partial charge in [-0.15, -0.1) is 11.8 Å². The van der Waals surface area contributed by atoms with Gasteiger partial charge in [-0.3, -0.25) is 4.79 Å². The van der Waals surface area contributed by atoms with Crippen LogP contribution in [0.1, 0.15) is 6.92 Å². The third-order valence-corrected chi connectivity index (χ3v) is 4.10. The summed E-state index contributed by atoms with van der Waals surface area (Å²) < 4.78 is 26.6. The molecule has 1 N–H and O–H groups in total. The lowest BCUT2D eigenvalue weighted by Gasteiger charge is -2.29. The van der Waals surface area contributed by atoms with E-state index in [1.54, 1.807) is 11.8 Å². The number of rotatable bonds is 3. The van der Waals surface area contributed by atoms with Gasteiger partial charge in [-0.1, -0.05) is 0 Å². The van der Waals surface area contributed by atoms with Crippen LogP contribution in [0.15, 0.2) is 23.1 Å². The molecule has 0 aromatic heterocycles. The molecule has 1 unspecified atom stereocenters. The molecule has 19 heavy (non-hydrogen) atoms. The van der Waals surface area contributed by atoms with E-state index < -0.39 is 16.9 Å². The van der Waals surface area contributed by atoms with E-state index in [0.29, 0.717) is 13.1 Å². The van der Waals surface area contributed by atoms with Crippen molar-refractivity contribution in [3.8, 4) is 0 Å². The zero-order valence-electron chi connectivity index (χ0n) is 10.7. The summed E-state index contributed by atoms with van der Waals surface area (Å²) in [5.74, 6) is -1.02. The molecule has 2 rings (SSSR count). The van der Waals surface area contributed by atoms with E-state index in [0.717, 1.165) is 43.1 Å². The average Bonchev–Trinajstić information content (AvgIpc) is 2.43. The van der Waals surface area contributed by atoms with Crippen LogP contribution < -0.4 is 5.32 Å². The molecule has 1 aromatic rings. The smallest absolute Gasteiger partial charge is 0.235 e. The maximum atomic E-state index is 13.5. The molecule has 1 aromatic carbocycles. The van der Waals surface area contributed by atoms with Crippen molar-refractivity contribution in [3.63, 3.8) is 0 Å². The molecule has 0 saturated carbocycles. The Morgan fingerprint density at radius 3 is 2.74 bits per heavy atom. The van der Waals surface area contributed by atoms with Crippen LogP contribution in [0, 0.1) is 11.6 Å². The summed E-state index contributed by atoms with van der Waals surface area (Å²) in [5.41, 5.74) is 0. The Labute approximate surface area is 115 Å². The van der Waals surface area contributed by atoms with Gasteiger partial charge in [-0.05, 0) is 25.1 Å². The maximum Gasteiger partial charge on any atom is 0.235 e. The van der Waals surface area contributed by atoms with E-state index in [1.165, 1.54) is 0 Å². The molecule has 1 aliphatic rings. The van der Waals surface area contributed by atoms with Crippen LogP contribution in [-0.2, 0) is 4.79 Å². The lowest BCUT2D eigenvalue weighted by molar-refractivity contribution is -0.130. The van der Waals surface area contributed by atoms with E-state index in [2.05, 4.69) is 5.32 Å². The minimum Gasteiger partial charge on any atom is -0.339 e. The first kappa shape index (κ1) is 14.3. The molecule has 1 amide bonds. The first-order chi connectivity index (χ1) is 9.08. The van der Waals surface area contributed by atoms with Crippen LogP contribution in [0.4, 0.5) is 8.78 Å². The average molecular weight is 286 g/mol. The van der Waals surface area contributed by atoms with Gasteiger partial charge in [0.25, 0.3) is 0 Å². The van der Waals surface area contributed by atoms with Crippen LogP contribution in [0.5, 0.6) is 0 Å². The molecule has 0 radical (unpaired) electrons. The molecule has 3 nitrogen and oxygen atoms in total. The van der Waals surface area contributed by atoms with Crippen molar-refractivity contribution in [3.05, 3.63) is 29.8 Å². The SMILES string of the molecule is CC(Sc1cc(F)ccc1F)C(=O)N1CCNCC1. The Morgan fingerprint density at radius 2 is 2.05 bits per heavy atom. The van der Waals surface area contributed by atoms with Crippen LogP contribution >= 0.6 is 11.8 Å². The van der Waals surface area contributed by atoms with Gasteiger partial charge in [0, 0.05) is 31.1 Å². The summed E-state index contributed by atoms with van der Waals surface area (Å²) in [6.07, 6.45) is 0. The minimum absolute atomic E-state index is 0.0323. The Balaban J connectivity index is 2.01. The van der Waals surface area contributed by atoms with Crippen molar-refractivity contribution >= 4 is 17.7 Å². The quantitative estimate of drug-likeness (QED) is 0.861. The fourth-order valence-electron chi connectivity index (χ4n) is 1.95. The number of hydrogen-bond donors (Lipinski definition) is 1. The predicted molar refractivity (Wildman–Crippen MR) is 71.1 cm³/mol. The molecule has 1 aliphatic heterocycles. The number of benzene rings is 1. The summed E-state index contributed by atoms with van der Waals surface area (Å²) in [6.45, 7) is 4.60. The fraction of sp³-hybridized carbons (Fsp3) is 0.462. The Hall–Kier alpha value is -1.14. The molecule has 1 saturated heterocycles. The molecule has 6 heteroatoms. The highest BCUT2D eigenvalue weighted by Gasteiger charge is 2.23. The zero-order chi connectivity index (χ0) is 13.8. The van der Waals surface area contributed by atoms with E-state index in [4.69, 9.17) is 0 Å². The Kier molecular flexibility index (Phi) is 4.76. The third-order valence-electron chi connectivity index (χ3n) is 2.97.